The summed E-state index contributed by atoms with van der Waals surface area (Å²) in [5.41, 5.74) is 4.11. The SMILES string of the molecule is COC1=C(F)C(N2CCC(C(N)C(C(F)(F)F)C(F)(F)F)C2)C(C)c2c1c(=O)[nH]c(=O)n2C1CC1. The lowest BCUT2D eigenvalue weighted by Crippen LogP contribution is -2.53. The molecule has 7 nitrogen and oxygen atoms in total. The average molecular weight is 514 g/mol. The lowest BCUT2D eigenvalue weighted by Gasteiger charge is -2.38. The Morgan fingerprint density at radius 1 is 1.09 bits per heavy atom. The Kier molecular flexibility index (Phi) is 6.36. The summed E-state index contributed by atoms with van der Waals surface area (Å²) in [5, 5.41) is 0. The van der Waals surface area contributed by atoms with Crippen LogP contribution in [0.4, 0.5) is 30.7 Å². The number of ether oxygens (including phenoxy) is 1. The normalized spacial score (nSPS) is 26.9. The van der Waals surface area contributed by atoms with Crippen LogP contribution in [0, 0.1) is 11.8 Å². The Hall–Kier alpha value is -2.35. The molecular weight excluding hydrogens is 489 g/mol. The van der Waals surface area contributed by atoms with E-state index in [0.29, 0.717) is 12.8 Å². The minimum Gasteiger partial charge on any atom is -0.493 e. The van der Waals surface area contributed by atoms with Crippen molar-refractivity contribution >= 4 is 5.76 Å². The van der Waals surface area contributed by atoms with E-state index in [0.717, 1.165) is 7.11 Å². The first kappa shape index (κ1) is 25.7. The smallest absolute Gasteiger partial charge is 0.402 e. The van der Waals surface area contributed by atoms with Crippen LogP contribution in [-0.4, -0.2) is 59.1 Å². The number of likely N-dealkylation sites (tertiary alicyclic amines) is 1. The van der Waals surface area contributed by atoms with E-state index >= 15 is 4.39 Å². The second-order valence-electron chi connectivity index (χ2n) is 9.42. The van der Waals surface area contributed by atoms with Gasteiger partial charge in [-0.25, -0.2) is 9.18 Å². The number of halogens is 7. The molecule has 4 rings (SSSR count). The van der Waals surface area contributed by atoms with E-state index in [1.807, 2.05) is 0 Å². The number of nitrogens with one attached hydrogen (secondary N) is 1. The van der Waals surface area contributed by atoms with Crippen molar-refractivity contribution in [1.82, 2.24) is 14.5 Å². The zero-order valence-corrected chi connectivity index (χ0v) is 18.8. The Balaban J connectivity index is 1.70. The molecule has 2 heterocycles. The van der Waals surface area contributed by atoms with Gasteiger partial charge in [0.15, 0.2) is 17.5 Å². The quantitative estimate of drug-likeness (QED) is 0.590. The lowest BCUT2D eigenvalue weighted by atomic mass is 9.85. The van der Waals surface area contributed by atoms with Crippen LogP contribution in [0.15, 0.2) is 15.4 Å². The third-order valence-corrected chi connectivity index (χ3v) is 7.19. The predicted octanol–water partition coefficient (Wildman–Crippen LogP) is 3.03. The standard InChI is InChI=1S/C21H25F7N4O3/c1-8-14-11(18(33)30-19(34)32(14)10-3-4-10)16(35-2)12(22)15(8)31-6-5-9(7-31)13(29)17(20(23,24)25)21(26,27)28/h8-10,13,15,17H,3-7,29H2,1-2H3,(H,30,33,34). The van der Waals surface area contributed by atoms with E-state index in [2.05, 4.69) is 4.98 Å². The molecular formula is C21H25F7N4O3. The van der Waals surface area contributed by atoms with Crippen LogP contribution in [-0.2, 0) is 4.74 Å². The van der Waals surface area contributed by atoms with E-state index in [-0.39, 0.29) is 36.8 Å². The molecule has 35 heavy (non-hydrogen) atoms. The molecule has 1 saturated heterocycles. The van der Waals surface area contributed by atoms with E-state index in [1.165, 1.54) is 9.47 Å². The summed E-state index contributed by atoms with van der Waals surface area (Å²) in [4.78, 5) is 28.7. The number of aromatic amines is 1. The highest BCUT2D eigenvalue weighted by Gasteiger charge is 2.61. The van der Waals surface area contributed by atoms with Gasteiger partial charge in [-0.15, -0.1) is 0 Å². The molecule has 1 saturated carbocycles. The van der Waals surface area contributed by atoms with Crippen LogP contribution in [0.5, 0.6) is 0 Å². The first-order valence-corrected chi connectivity index (χ1v) is 11.1. The third-order valence-electron chi connectivity index (χ3n) is 7.19. The molecule has 2 fully saturated rings. The molecule has 0 bridgehead atoms. The number of hydrogen-bond acceptors (Lipinski definition) is 5. The molecule has 0 radical (unpaired) electrons. The summed E-state index contributed by atoms with van der Waals surface area (Å²) in [5.74, 6) is -7.01. The number of nitrogens with zero attached hydrogens (tertiary/aromatic N) is 2. The van der Waals surface area contributed by atoms with Crippen molar-refractivity contribution < 1.29 is 35.5 Å². The molecule has 3 N–H and O–H groups in total. The summed E-state index contributed by atoms with van der Waals surface area (Å²) >= 11 is 0. The van der Waals surface area contributed by atoms with Gasteiger partial charge in [-0.05, 0) is 31.7 Å². The number of hydrogen-bond donors (Lipinski definition) is 2. The first-order valence-electron chi connectivity index (χ1n) is 11.1. The van der Waals surface area contributed by atoms with Crippen molar-refractivity contribution in [2.75, 3.05) is 20.2 Å². The van der Waals surface area contributed by atoms with E-state index < -0.39 is 65.0 Å². The number of aromatic nitrogens is 2. The lowest BCUT2D eigenvalue weighted by molar-refractivity contribution is -0.292. The highest BCUT2D eigenvalue weighted by Crippen LogP contribution is 2.47. The monoisotopic (exact) mass is 514 g/mol. The molecule has 3 aliphatic rings. The maximum absolute atomic E-state index is 15.7. The van der Waals surface area contributed by atoms with Gasteiger partial charge in [0.2, 0.25) is 0 Å². The van der Waals surface area contributed by atoms with Gasteiger partial charge >= 0.3 is 18.0 Å². The number of nitrogens with two attached hydrogens (primary N) is 1. The second kappa shape index (κ2) is 8.64. The highest BCUT2D eigenvalue weighted by molar-refractivity contribution is 5.67. The van der Waals surface area contributed by atoms with Crippen LogP contribution in [0.3, 0.4) is 0 Å². The average Bonchev–Trinajstić information content (AvgIpc) is 3.43. The van der Waals surface area contributed by atoms with Crippen LogP contribution in [0.1, 0.15) is 49.4 Å². The van der Waals surface area contributed by atoms with Crippen molar-refractivity contribution in [3.63, 3.8) is 0 Å². The van der Waals surface area contributed by atoms with Crippen molar-refractivity contribution in [2.45, 2.75) is 62.6 Å². The fourth-order valence-corrected chi connectivity index (χ4v) is 5.50. The molecule has 1 aromatic rings. The molecule has 14 heteroatoms. The molecule has 0 amide bonds. The summed E-state index contributed by atoms with van der Waals surface area (Å²) in [6.07, 6.45) is -9.95. The second-order valence-corrected chi connectivity index (χ2v) is 9.42. The first-order chi connectivity index (χ1) is 16.2. The van der Waals surface area contributed by atoms with Gasteiger partial charge in [0, 0.05) is 30.2 Å². The van der Waals surface area contributed by atoms with Gasteiger partial charge < -0.3 is 10.5 Å². The van der Waals surface area contributed by atoms with Gasteiger partial charge in [-0.2, -0.15) is 26.3 Å². The Morgan fingerprint density at radius 2 is 1.69 bits per heavy atom. The molecule has 196 valence electrons. The Morgan fingerprint density at radius 3 is 2.20 bits per heavy atom. The van der Waals surface area contributed by atoms with Gasteiger partial charge in [-0.3, -0.25) is 19.2 Å². The van der Waals surface area contributed by atoms with Crippen LogP contribution in [0.2, 0.25) is 0 Å². The number of alkyl halides is 6. The van der Waals surface area contributed by atoms with Crippen LogP contribution in [0.25, 0.3) is 5.76 Å². The van der Waals surface area contributed by atoms with Crippen LogP contribution < -0.4 is 17.0 Å². The van der Waals surface area contributed by atoms with Gasteiger partial charge in [0.25, 0.3) is 5.56 Å². The Bertz CT molecular complexity index is 1120. The minimum absolute atomic E-state index is 0.0214. The summed E-state index contributed by atoms with van der Waals surface area (Å²) in [7, 11) is 1.14. The number of rotatable bonds is 5. The molecule has 1 aromatic heterocycles. The van der Waals surface area contributed by atoms with Gasteiger partial charge in [-0.1, -0.05) is 6.92 Å². The number of H-pyrrole nitrogens is 1. The zero-order valence-electron chi connectivity index (χ0n) is 18.8. The fraction of sp³-hybridized carbons (Fsp3) is 0.714. The molecule has 2 aliphatic carbocycles. The van der Waals surface area contributed by atoms with E-state index in [9.17, 15) is 35.9 Å². The molecule has 4 atom stereocenters. The maximum Gasteiger partial charge on any atom is 0.402 e. The summed E-state index contributed by atoms with van der Waals surface area (Å²) < 4.78 is 101. The fourth-order valence-electron chi connectivity index (χ4n) is 5.50. The van der Waals surface area contributed by atoms with Crippen LogP contribution >= 0.6 is 0 Å². The third kappa shape index (κ3) is 4.39. The van der Waals surface area contributed by atoms with Crippen molar-refractivity contribution in [3.8, 4) is 0 Å². The predicted molar refractivity (Wildman–Crippen MR) is 110 cm³/mol. The summed E-state index contributed by atoms with van der Waals surface area (Å²) in [6, 6.07) is -3.63. The highest BCUT2D eigenvalue weighted by atomic mass is 19.4. The molecule has 0 aromatic carbocycles. The zero-order chi connectivity index (χ0) is 26.0. The minimum atomic E-state index is -5.59. The van der Waals surface area contributed by atoms with E-state index in [1.54, 1.807) is 6.92 Å². The Labute approximate surface area is 194 Å². The summed E-state index contributed by atoms with van der Waals surface area (Å²) in [6.45, 7) is 1.22. The largest absolute Gasteiger partial charge is 0.493 e. The molecule has 4 unspecified atom stereocenters. The van der Waals surface area contributed by atoms with Crippen molar-refractivity contribution in [3.05, 3.63) is 37.9 Å². The van der Waals surface area contributed by atoms with Gasteiger partial charge in [0.1, 0.15) is 5.56 Å². The van der Waals surface area contributed by atoms with Gasteiger partial charge in [0.05, 0.1) is 13.2 Å². The molecule has 0 spiro atoms. The number of methoxy groups -OCH3 is 1. The van der Waals surface area contributed by atoms with Crippen molar-refractivity contribution in [2.24, 2.45) is 17.6 Å². The van der Waals surface area contributed by atoms with Crippen molar-refractivity contribution in [1.29, 1.82) is 0 Å². The van der Waals surface area contributed by atoms with E-state index in [4.69, 9.17) is 10.5 Å². The maximum atomic E-state index is 15.7. The topological polar surface area (TPSA) is 93.3 Å². The number of fused-ring (bicyclic) bond motifs is 1. The molecule has 1 aliphatic heterocycles.